The molecule has 0 amide bonds. The summed E-state index contributed by atoms with van der Waals surface area (Å²) in [4.78, 5) is 0. The molecule has 1 heterocycles. The van der Waals surface area contributed by atoms with Gasteiger partial charge in [-0.15, -0.1) is 10.2 Å². The van der Waals surface area contributed by atoms with E-state index in [1.165, 1.54) is 24.0 Å². The Morgan fingerprint density at radius 3 is 2.28 bits per heavy atom. The highest BCUT2D eigenvalue weighted by atomic mass is 15.3. The smallest absolute Gasteiger partial charge is 0.164 e. The third kappa shape index (κ3) is 2.78. The molecule has 0 radical (unpaired) electrons. The summed E-state index contributed by atoms with van der Waals surface area (Å²) in [7, 11) is 0. The molecule has 3 aromatic rings. The zero-order valence-corrected chi connectivity index (χ0v) is 15.2. The average Bonchev–Trinajstić information content (AvgIpc) is 3.40. The van der Waals surface area contributed by atoms with Crippen LogP contribution in [0, 0.1) is 6.92 Å². The predicted molar refractivity (Wildman–Crippen MR) is 102 cm³/mol. The van der Waals surface area contributed by atoms with E-state index < -0.39 is 0 Å². The van der Waals surface area contributed by atoms with Gasteiger partial charge in [-0.25, -0.2) is 0 Å². The normalized spacial score (nSPS) is 16.6. The lowest BCUT2D eigenvalue weighted by Gasteiger charge is -2.29. The van der Waals surface area contributed by atoms with Crippen LogP contribution in [0.3, 0.4) is 0 Å². The second kappa shape index (κ2) is 6.14. The number of rotatable bonds is 5. The highest BCUT2D eigenvalue weighted by Gasteiger charge is 2.38. The van der Waals surface area contributed by atoms with Gasteiger partial charge in [0.15, 0.2) is 5.82 Å². The van der Waals surface area contributed by atoms with E-state index in [2.05, 4.69) is 79.0 Å². The fourth-order valence-corrected chi connectivity index (χ4v) is 3.54. The lowest BCUT2D eigenvalue weighted by molar-refractivity contribution is 0.478. The van der Waals surface area contributed by atoms with Crippen LogP contribution in [0.2, 0.25) is 0 Å². The van der Waals surface area contributed by atoms with Crippen LogP contribution in [0.5, 0.6) is 0 Å². The quantitative estimate of drug-likeness (QED) is 0.635. The average molecular weight is 331 g/mol. The molecule has 1 fully saturated rings. The highest BCUT2D eigenvalue weighted by Crippen LogP contribution is 2.44. The third-order valence-corrected chi connectivity index (χ3v) is 5.53. The van der Waals surface area contributed by atoms with Crippen LogP contribution in [0.25, 0.3) is 11.4 Å². The molecule has 3 heteroatoms. The third-order valence-electron chi connectivity index (χ3n) is 5.53. The molecule has 0 spiro atoms. The fraction of sp³-hybridized carbons (Fsp3) is 0.364. The summed E-state index contributed by atoms with van der Waals surface area (Å²) in [6.07, 6.45) is 3.44. The standard InChI is InChI=1S/C22H25N3/c1-4-22(3,18-12-10-16(2)11-13-18)21-24-23-20(25(21)19-14-15-19)17-8-6-5-7-9-17/h5-13,19H,4,14-15H2,1-3H3. The van der Waals surface area contributed by atoms with Crippen molar-refractivity contribution in [2.75, 3.05) is 0 Å². The predicted octanol–water partition coefficient (Wildman–Crippen LogP) is 5.30. The van der Waals surface area contributed by atoms with Gasteiger partial charge in [-0.05, 0) is 38.7 Å². The summed E-state index contributed by atoms with van der Waals surface area (Å²) in [5.74, 6) is 2.10. The van der Waals surface area contributed by atoms with Gasteiger partial charge < -0.3 is 4.57 Å². The van der Waals surface area contributed by atoms with E-state index in [0.717, 1.165) is 23.6 Å². The maximum atomic E-state index is 4.71. The first kappa shape index (κ1) is 16.1. The Morgan fingerprint density at radius 1 is 1.00 bits per heavy atom. The van der Waals surface area contributed by atoms with E-state index in [0.29, 0.717) is 6.04 Å². The Morgan fingerprint density at radius 2 is 1.68 bits per heavy atom. The highest BCUT2D eigenvalue weighted by molar-refractivity contribution is 5.56. The molecule has 1 aliphatic rings. The zero-order chi connectivity index (χ0) is 17.4. The van der Waals surface area contributed by atoms with Crippen molar-refractivity contribution < 1.29 is 0 Å². The topological polar surface area (TPSA) is 30.7 Å². The van der Waals surface area contributed by atoms with Gasteiger partial charge >= 0.3 is 0 Å². The Balaban J connectivity index is 1.86. The van der Waals surface area contributed by atoms with Crippen molar-refractivity contribution in [2.24, 2.45) is 0 Å². The van der Waals surface area contributed by atoms with Gasteiger partial charge in [0.05, 0.1) is 5.41 Å². The van der Waals surface area contributed by atoms with Crippen molar-refractivity contribution in [3.05, 3.63) is 71.5 Å². The molecular formula is C22H25N3. The van der Waals surface area contributed by atoms with Gasteiger partial charge in [-0.1, -0.05) is 67.1 Å². The van der Waals surface area contributed by atoms with E-state index in [1.54, 1.807) is 0 Å². The van der Waals surface area contributed by atoms with Crippen LogP contribution in [0.15, 0.2) is 54.6 Å². The number of hydrogen-bond acceptors (Lipinski definition) is 2. The van der Waals surface area contributed by atoms with Crippen LogP contribution in [0.1, 0.15) is 56.1 Å². The van der Waals surface area contributed by atoms with Crippen molar-refractivity contribution in [3.63, 3.8) is 0 Å². The lowest BCUT2D eigenvalue weighted by atomic mass is 9.79. The van der Waals surface area contributed by atoms with Gasteiger partial charge in [0.1, 0.15) is 5.82 Å². The summed E-state index contributed by atoms with van der Waals surface area (Å²) in [5, 5.41) is 9.33. The lowest BCUT2D eigenvalue weighted by Crippen LogP contribution is -2.27. The fourth-order valence-electron chi connectivity index (χ4n) is 3.54. The Labute approximate surface area is 149 Å². The molecule has 1 aromatic heterocycles. The van der Waals surface area contributed by atoms with Gasteiger partial charge in [-0.3, -0.25) is 0 Å². The van der Waals surface area contributed by atoms with Crippen molar-refractivity contribution >= 4 is 0 Å². The Kier molecular flexibility index (Phi) is 3.95. The molecule has 25 heavy (non-hydrogen) atoms. The van der Waals surface area contributed by atoms with E-state index in [1.807, 2.05) is 6.07 Å². The van der Waals surface area contributed by atoms with E-state index in [-0.39, 0.29) is 5.41 Å². The summed E-state index contributed by atoms with van der Waals surface area (Å²) in [6, 6.07) is 19.9. The second-order valence-corrected chi connectivity index (χ2v) is 7.37. The maximum Gasteiger partial charge on any atom is 0.164 e. The molecule has 1 aliphatic carbocycles. The summed E-state index contributed by atoms with van der Waals surface area (Å²) in [6.45, 7) is 6.68. The number of benzene rings is 2. The molecular weight excluding hydrogens is 306 g/mol. The molecule has 0 bridgehead atoms. The van der Waals surface area contributed by atoms with Crippen LogP contribution < -0.4 is 0 Å². The molecule has 0 aliphatic heterocycles. The van der Waals surface area contributed by atoms with Crippen LogP contribution in [-0.4, -0.2) is 14.8 Å². The summed E-state index contributed by atoms with van der Waals surface area (Å²) >= 11 is 0. The van der Waals surface area contributed by atoms with Gasteiger partial charge in [0, 0.05) is 11.6 Å². The molecule has 0 N–H and O–H groups in total. The molecule has 2 aromatic carbocycles. The number of aromatic nitrogens is 3. The van der Waals surface area contributed by atoms with Crippen LogP contribution in [0.4, 0.5) is 0 Å². The molecule has 128 valence electrons. The Hall–Kier alpha value is -2.42. The first-order valence-corrected chi connectivity index (χ1v) is 9.21. The summed E-state index contributed by atoms with van der Waals surface area (Å²) < 4.78 is 2.40. The van der Waals surface area contributed by atoms with Gasteiger partial charge in [-0.2, -0.15) is 0 Å². The summed E-state index contributed by atoms with van der Waals surface area (Å²) in [5.41, 5.74) is 3.62. The largest absolute Gasteiger partial charge is 0.307 e. The van der Waals surface area contributed by atoms with Gasteiger partial charge in [0.2, 0.25) is 0 Å². The van der Waals surface area contributed by atoms with Crippen molar-refractivity contribution in [2.45, 2.75) is 51.5 Å². The first-order valence-electron chi connectivity index (χ1n) is 9.21. The molecule has 1 atom stereocenters. The SMILES string of the molecule is CCC(C)(c1ccc(C)cc1)c1nnc(-c2ccccc2)n1C1CC1. The zero-order valence-electron chi connectivity index (χ0n) is 15.2. The molecule has 0 saturated heterocycles. The van der Waals surface area contributed by atoms with Crippen LogP contribution in [-0.2, 0) is 5.41 Å². The number of aryl methyl sites for hydroxylation is 1. The van der Waals surface area contributed by atoms with Crippen molar-refractivity contribution in [1.29, 1.82) is 0 Å². The van der Waals surface area contributed by atoms with Gasteiger partial charge in [0.25, 0.3) is 0 Å². The monoisotopic (exact) mass is 331 g/mol. The Bertz CT molecular complexity index is 860. The van der Waals surface area contributed by atoms with Crippen molar-refractivity contribution in [1.82, 2.24) is 14.8 Å². The molecule has 1 saturated carbocycles. The van der Waals surface area contributed by atoms with Crippen LogP contribution >= 0.6 is 0 Å². The molecule has 4 rings (SSSR count). The maximum absolute atomic E-state index is 4.71. The number of nitrogens with zero attached hydrogens (tertiary/aromatic N) is 3. The van der Waals surface area contributed by atoms with Crippen molar-refractivity contribution in [3.8, 4) is 11.4 Å². The minimum Gasteiger partial charge on any atom is -0.307 e. The van der Waals surface area contributed by atoms with E-state index in [4.69, 9.17) is 5.10 Å². The first-order chi connectivity index (χ1) is 12.1. The second-order valence-electron chi connectivity index (χ2n) is 7.37. The van der Waals surface area contributed by atoms with E-state index in [9.17, 15) is 0 Å². The minimum absolute atomic E-state index is 0.129. The minimum atomic E-state index is -0.129. The number of hydrogen-bond donors (Lipinski definition) is 0. The molecule has 1 unspecified atom stereocenters. The molecule has 3 nitrogen and oxygen atoms in total. The van der Waals surface area contributed by atoms with E-state index >= 15 is 0 Å².